The Hall–Kier alpha value is -3.11. The molecule has 3 aromatic rings. The highest BCUT2D eigenvalue weighted by Gasteiger charge is 2.32. The van der Waals surface area contributed by atoms with Crippen LogP contribution in [0.15, 0.2) is 78.9 Å². The molecule has 0 spiro atoms. The van der Waals surface area contributed by atoms with E-state index in [0.717, 1.165) is 42.4 Å². The van der Waals surface area contributed by atoms with Gasteiger partial charge in [-0.2, -0.15) is 0 Å². The maximum Gasteiger partial charge on any atom is 0.243 e. The van der Waals surface area contributed by atoms with Gasteiger partial charge in [-0.05, 0) is 48.9 Å². The van der Waals surface area contributed by atoms with Crippen LogP contribution in [0.3, 0.4) is 0 Å². The second-order valence-corrected chi connectivity index (χ2v) is 10.2. The molecule has 4 nitrogen and oxygen atoms in total. The number of benzene rings is 3. The van der Waals surface area contributed by atoms with E-state index in [1.54, 1.807) is 4.90 Å². The predicted molar refractivity (Wildman–Crippen MR) is 146 cm³/mol. The summed E-state index contributed by atoms with van der Waals surface area (Å²) in [5.41, 5.74) is 4.17. The number of amides is 2. The Bertz CT molecular complexity index is 1140. The van der Waals surface area contributed by atoms with Gasteiger partial charge in [0.25, 0.3) is 0 Å². The van der Waals surface area contributed by atoms with Crippen molar-refractivity contribution in [2.75, 3.05) is 0 Å². The van der Waals surface area contributed by atoms with Crippen LogP contribution in [0, 0.1) is 6.92 Å². The van der Waals surface area contributed by atoms with E-state index in [1.165, 1.54) is 5.56 Å². The first-order chi connectivity index (χ1) is 17.5. The molecule has 1 saturated carbocycles. The molecule has 4 rings (SSSR count). The molecular weight excluding hydrogens is 468 g/mol. The molecule has 1 aliphatic carbocycles. The summed E-state index contributed by atoms with van der Waals surface area (Å²) in [6.07, 6.45) is 5.67. The Kier molecular flexibility index (Phi) is 9.18. The van der Waals surface area contributed by atoms with Crippen LogP contribution < -0.4 is 5.32 Å². The van der Waals surface area contributed by atoms with Crippen LogP contribution in [0.2, 0.25) is 5.02 Å². The lowest BCUT2D eigenvalue weighted by molar-refractivity contribution is -0.141. The number of nitrogens with one attached hydrogen (secondary N) is 1. The molecule has 2 amide bonds. The van der Waals surface area contributed by atoms with Gasteiger partial charge in [0.2, 0.25) is 11.8 Å². The molecule has 1 atom stereocenters. The second kappa shape index (κ2) is 12.7. The number of aryl methyl sites for hydroxylation is 2. The van der Waals surface area contributed by atoms with Crippen LogP contribution in [0.1, 0.15) is 54.4 Å². The fourth-order valence-electron chi connectivity index (χ4n) is 4.88. The molecule has 36 heavy (non-hydrogen) atoms. The fourth-order valence-corrected chi connectivity index (χ4v) is 5.08. The van der Waals surface area contributed by atoms with Crippen molar-refractivity contribution in [1.82, 2.24) is 10.2 Å². The minimum Gasteiger partial charge on any atom is -0.352 e. The van der Waals surface area contributed by atoms with E-state index in [2.05, 4.69) is 36.5 Å². The van der Waals surface area contributed by atoms with Crippen LogP contribution in [0.25, 0.3) is 0 Å². The third-order valence-electron chi connectivity index (χ3n) is 7.02. The van der Waals surface area contributed by atoms with Crippen LogP contribution >= 0.6 is 11.6 Å². The van der Waals surface area contributed by atoms with Crippen LogP contribution in [-0.2, 0) is 29.0 Å². The summed E-state index contributed by atoms with van der Waals surface area (Å²) < 4.78 is 0. The van der Waals surface area contributed by atoms with Crippen molar-refractivity contribution >= 4 is 23.4 Å². The lowest BCUT2D eigenvalue weighted by Gasteiger charge is -2.32. The number of hydrogen-bond acceptors (Lipinski definition) is 2. The molecule has 188 valence electrons. The average molecular weight is 503 g/mol. The highest BCUT2D eigenvalue weighted by molar-refractivity contribution is 6.31. The molecule has 1 fully saturated rings. The van der Waals surface area contributed by atoms with E-state index in [9.17, 15) is 9.59 Å². The summed E-state index contributed by atoms with van der Waals surface area (Å²) in [4.78, 5) is 29.2. The van der Waals surface area contributed by atoms with Crippen LogP contribution in [-0.4, -0.2) is 28.8 Å². The van der Waals surface area contributed by atoms with Gasteiger partial charge < -0.3 is 10.2 Å². The van der Waals surface area contributed by atoms with Gasteiger partial charge in [-0.1, -0.05) is 103 Å². The number of rotatable bonds is 10. The van der Waals surface area contributed by atoms with Crippen molar-refractivity contribution < 1.29 is 9.59 Å². The van der Waals surface area contributed by atoms with Crippen molar-refractivity contribution in [3.05, 3.63) is 106 Å². The molecule has 3 aromatic carbocycles. The largest absolute Gasteiger partial charge is 0.352 e. The van der Waals surface area contributed by atoms with Crippen molar-refractivity contribution in [2.24, 2.45) is 0 Å². The monoisotopic (exact) mass is 502 g/mol. The minimum atomic E-state index is -0.616. The Labute approximate surface area is 219 Å². The normalized spacial score (nSPS) is 14.4. The summed E-state index contributed by atoms with van der Waals surface area (Å²) in [7, 11) is 0. The van der Waals surface area contributed by atoms with E-state index in [4.69, 9.17) is 11.6 Å². The van der Waals surface area contributed by atoms with E-state index < -0.39 is 6.04 Å². The van der Waals surface area contributed by atoms with Crippen molar-refractivity contribution in [1.29, 1.82) is 0 Å². The Morgan fingerprint density at radius 3 is 2.28 bits per heavy atom. The summed E-state index contributed by atoms with van der Waals surface area (Å²) in [5, 5.41) is 3.85. The maximum atomic E-state index is 13.8. The van der Waals surface area contributed by atoms with E-state index >= 15 is 0 Å². The standard InChI is InChI=1S/C31H35ClN2O2/c1-23-15-17-24(18-16-23)19-20-30(35)34(22-26-11-5-8-14-28(26)32)29(21-25-9-3-2-4-10-25)31(36)33-27-12-6-7-13-27/h2-5,8-11,14-18,27,29H,6-7,12-13,19-22H2,1H3,(H,33,36). The van der Waals surface area contributed by atoms with Gasteiger partial charge in [0.05, 0.1) is 0 Å². The zero-order valence-electron chi connectivity index (χ0n) is 21.0. The quantitative estimate of drug-likeness (QED) is 0.354. The second-order valence-electron chi connectivity index (χ2n) is 9.79. The van der Waals surface area contributed by atoms with Crippen LogP contribution in [0.5, 0.6) is 0 Å². The molecule has 0 radical (unpaired) electrons. The zero-order valence-corrected chi connectivity index (χ0v) is 21.7. The number of halogens is 1. The van der Waals surface area contributed by atoms with Gasteiger partial charge in [0.15, 0.2) is 0 Å². The molecule has 1 N–H and O–H groups in total. The molecule has 0 aliphatic heterocycles. The minimum absolute atomic E-state index is 0.0435. The van der Waals surface area contributed by atoms with Gasteiger partial charge in [-0.15, -0.1) is 0 Å². The smallest absolute Gasteiger partial charge is 0.243 e. The first kappa shape index (κ1) is 26.0. The van der Waals surface area contributed by atoms with Gasteiger partial charge >= 0.3 is 0 Å². The van der Waals surface area contributed by atoms with Crippen molar-refractivity contribution in [3.63, 3.8) is 0 Å². The van der Waals surface area contributed by atoms with E-state index in [-0.39, 0.29) is 17.9 Å². The molecule has 0 aromatic heterocycles. The van der Waals surface area contributed by atoms with E-state index in [1.807, 2.05) is 54.6 Å². The number of nitrogens with zero attached hydrogens (tertiary/aromatic N) is 1. The first-order valence-corrected chi connectivity index (χ1v) is 13.3. The first-order valence-electron chi connectivity index (χ1n) is 12.9. The molecule has 1 aliphatic rings. The summed E-state index contributed by atoms with van der Waals surface area (Å²) in [5.74, 6) is -0.125. The summed E-state index contributed by atoms with van der Waals surface area (Å²) in [6.45, 7) is 2.35. The van der Waals surface area contributed by atoms with Gasteiger partial charge in [-0.3, -0.25) is 9.59 Å². The molecule has 0 heterocycles. The summed E-state index contributed by atoms with van der Waals surface area (Å²) >= 11 is 6.50. The van der Waals surface area contributed by atoms with Gasteiger partial charge in [-0.25, -0.2) is 0 Å². The average Bonchev–Trinajstić information content (AvgIpc) is 3.40. The van der Waals surface area contributed by atoms with Crippen molar-refractivity contribution in [3.8, 4) is 0 Å². The third kappa shape index (κ3) is 7.20. The number of carbonyl (C=O) groups is 2. The van der Waals surface area contributed by atoms with E-state index in [0.29, 0.717) is 30.8 Å². The fraction of sp³-hybridized carbons (Fsp3) is 0.355. The third-order valence-corrected chi connectivity index (χ3v) is 7.39. The number of carbonyl (C=O) groups excluding carboxylic acids is 2. The Morgan fingerprint density at radius 1 is 0.917 bits per heavy atom. The molecule has 0 bridgehead atoms. The Morgan fingerprint density at radius 2 is 1.58 bits per heavy atom. The molecular formula is C31H35ClN2O2. The molecule has 5 heteroatoms. The van der Waals surface area contributed by atoms with Crippen molar-refractivity contribution in [2.45, 2.75) is 70.5 Å². The predicted octanol–water partition coefficient (Wildman–Crippen LogP) is 6.28. The zero-order chi connectivity index (χ0) is 25.3. The van der Waals surface area contributed by atoms with Crippen LogP contribution in [0.4, 0.5) is 0 Å². The van der Waals surface area contributed by atoms with Gasteiger partial charge in [0, 0.05) is 30.5 Å². The topological polar surface area (TPSA) is 49.4 Å². The lowest BCUT2D eigenvalue weighted by Crippen LogP contribution is -2.52. The SMILES string of the molecule is Cc1ccc(CCC(=O)N(Cc2ccccc2Cl)C(Cc2ccccc2)C(=O)NC2CCCC2)cc1. The highest BCUT2D eigenvalue weighted by Crippen LogP contribution is 2.23. The summed E-state index contributed by atoms with van der Waals surface area (Å²) in [6, 6.07) is 25.3. The number of hydrogen-bond donors (Lipinski definition) is 1. The molecule has 0 saturated heterocycles. The lowest BCUT2D eigenvalue weighted by atomic mass is 10.0. The maximum absolute atomic E-state index is 13.8. The highest BCUT2D eigenvalue weighted by atomic mass is 35.5. The molecule has 1 unspecified atom stereocenters. The Balaban J connectivity index is 1.61. The van der Waals surface area contributed by atoms with Gasteiger partial charge in [0.1, 0.15) is 6.04 Å².